The Morgan fingerprint density at radius 2 is 1.83 bits per heavy atom. The molecule has 2 N–H and O–H groups in total. The Morgan fingerprint density at radius 1 is 1.08 bits per heavy atom. The summed E-state index contributed by atoms with van der Waals surface area (Å²) in [6, 6.07) is 10.7. The van der Waals surface area contributed by atoms with Gasteiger partial charge in [0.05, 0.1) is 4.47 Å². The summed E-state index contributed by atoms with van der Waals surface area (Å²) in [6.07, 6.45) is 0. The van der Waals surface area contributed by atoms with E-state index in [4.69, 9.17) is 4.74 Å². The van der Waals surface area contributed by atoms with Gasteiger partial charge in [-0.2, -0.15) is 0 Å². The summed E-state index contributed by atoms with van der Waals surface area (Å²) < 4.78 is 7.17. The number of carbonyl (C=O) groups is 2. The molecule has 0 saturated heterocycles. The van der Waals surface area contributed by atoms with E-state index in [9.17, 15) is 9.59 Å². The van der Waals surface area contributed by atoms with Gasteiger partial charge in [0.1, 0.15) is 5.75 Å². The van der Waals surface area contributed by atoms with Crippen molar-refractivity contribution < 1.29 is 14.3 Å². The van der Waals surface area contributed by atoms with E-state index in [0.29, 0.717) is 17.1 Å². The topological polar surface area (TPSA) is 67.4 Å². The molecule has 0 radical (unpaired) electrons. The first-order valence-electron chi connectivity index (χ1n) is 7.11. The predicted molar refractivity (Wildman–Crippen MR) is 101 cm³/mol. The summed E-state index contributed by atoms with van der Waals surface area (Å²) in [5.74, 6) is 0.128. The third kappa shape index (κ3) is 5.35. The van der Waals surface area contributed by atoms with Gasteiger partial charge in [-0.25, -0.2) is 0 Å². The smallest absolute Gasteiger partial charge is 0.262 e. The van der Waals surface area contributed by atoms with Crippen molar-refractivity contribution in [2.75, 3.05) is 17.2 Å². The van der Waals surface area contributed by atoms with Crippen molar-refractivity contribution in [1.29, 1.82) is 0 Å². The van der Waals surface area contributed by atoms with Crippen molar-refractivity contribution in [2.24, 2.45) is 0 Å². The summed E-state index contributed by atoms with van der Waals surface area (Å²) in [5, 5.41) is 5.47. The van der Waals surface area contributed by atoms with Crippen molar-refractivity contribution in [3.63, 3.8) is 0 Å². The molecular formula is C17H16Br2N2O3. The van der Waals surface area contributed by atoms with Crippen molar-refractivity contribution >= 4 is 55.0 Å². The molecule has 2 aromatic rings. The molecule has 126 valence electrons. The first-order chi connectivity index (χ1) is 11.3. The number of rotatable bonds is 5. The molecular weight excluding hydrogens is 440 g/mol. The molecule has 2 aromatic carbocycles. The van der Waals surface area contributed by atoms with E-state index in [-0.39, 0.29) is 18.4 Å². The van der Waals surface area contributed by atoms with Crippen LogP contribution >= 0.6 is 31.9 Å². The van der Waals surface area contributed by atoms with Gasteiger partial charge >= 0.3 is 0 Å². The summed E-state index contributed by atoms with van der Waals surface area (Å²) in [4.78, 5) is 23.2. The molecule has 0 aromatic heterocycles. The van der Waals surface area contributed by atoms with Crippen molar-refractivity contribution in [2.45, 2.75) is 13.8 Å². The number of carbonyl (C=O) groups excluding carboxylic acids is 2. The number of halogens is 2. The Hall–Kier alpha value is -1.86. The molecule has 0 saturated carbocycles. The minimum Gasteiger partial charge on any atom is -0.483 e. The molecule has 0 spiro atoms. The van der Waals surface area contributed by atoms with E-state index < -0.39 is 0 Å². The number of amides is 2. The molecule has 0 unspecified atom stereocenters. The number of hydrogen-bond acceptors (Lipinski definition) is 3. The average Bonchev–Trinajstić information content (AvgIpc) is 2.49. The predicted octanol–water partition coefficient (Wildman–Crippen LogP) is 4.50. The molecule has 0 aliphatic heterocycles. The lowest BCUT2D eigenvalue weighted by atomic mass is 10.1. The summed E-state index contributed by atoms with van der Waals surface area (Å²) >= 11 is 6.73. The van der Waals surface area contributed by atoms with Crippen LogP contribution in [0.4, 0.5) is 11.4 Å². The third-order valence-corrected chi connectivity index (χ3v) is 4.20. The summed E-state index contributed by atoms with van der Waals surface area (Å²) in [5.41, 5.74) is 2.17. The van der Waals surface area contributed by atoms with Crippen LogP contribution in [0.25, 0.3) is 0 Å². The molecule has 5 nitrogen and oxygen atoms in total. The highest BCUT2D eigenvalue weighted by Crippen LogP contribution is 2.28. The van der Waals surface area contributed by atoms with Crippen LogP contribution in [0.1, 0.15) is 12.5 Å². The molecule has 0 bridgehead atoms. The number of ether oxygens (including phenoxy) is 1. The second-order valence-corrected chi connectivity index (χ2v) is 6.89. The van der Waals surface area contributed by atoms with Gasteiger partial charge in [-0.1, -0.05) is 22.0 Å². The van der Waals surface area contributed by atoms with Crippen molar-refractivity contribution in [3.8, 4) is 5.75 Å². The standard InChI is InChI=1S/C17H16Br2N2O3/c1-10-3-5-13(8-15(10)20-11(2)22)21-17(23)9-24-16-6-4-12(18)7-14(16)19/h3-8H,9H2,1-2H3,(H,20,22)(H,21,23). The quantitative estimate of drug-likeness (QED) is 0.697. The van der Waals surface area contributed by atoms with Crippen LogP contribution in [-0.4, -0.2) is 18.4 Å². The van der Waals surface area contributed by atoms with Crippen LogP contribution < -0.4 is 15.4 Å². The average molecular weight is 456 g/mol. The Kier molecular flexibility index (Phi) is 6.39. The summed E-state index contributed by atoms with van der Waals surface area (Å²) in [6.45, 7) is 3.20. The number of hydrogen-bond donors (Lipinski definition) is 2. The zero-order valence-electron chi connectivity index (χ0n) is 13.2. The zero-order valence-corrected chi connectivity index (χ0v) is 16.3. The highest BCUT2D eigenvalue weighted by atomic mass is 79.9. The zero-order chi connectivity index (χ0) is 17.7. The Morgan fingerprint density at radius 3 is 2.50 bits per heavy atom. The van der Waals surface area contributed by atoms with Crippen LogP contribution in [-0.2, 0) is 9.59 Å². The van der Waals surface area contributed by atoms with Gasteiger partial charge in [0.15, 0.2) is 6.61 Å². The minimum absolute atomic E-state index is 0.121. The molecule has 0 aliphatic carbocycles. The number of anilines is 2. The SMILES string of the molecule is CC(=O)Nc1cc(NC(=O)COc2ccc(Br)cc2Br)ccc1C. The van der Waals surface area contributed by atoms with Crippen molar-refractivity contribution in [1.82, 2.24) is 0 Å². The normalized spacial score (nSPS) is 10.2. The molecule has 24 heavy (non-hydrogen) atoms. The molecule has 2 amide bonds. The van der Waals surface area contributed by atoms with Gasteiger partial charge in [-0.15, -0.1) is 0 Å². The van der Waals surface area contributed by atoms with E-state index in [2.05, 4.69) is 42.5 Å². The van der Waals surface area contributed by atoms with E-state index in [1.807, 2.05) is 25.1 Å². The third-order valence-electron chi connectivity index (χ3n) is 3.08. The monoisotopic (exact) mass is 454 g/mol. The lowest BCUT2D eigenvalue weighted by Gasteiger charge is -2.11. The fourth-order valence-electron chi connectivity index (χ4n) is 1.96. The van der Waals surface area contributed by atoms with Gasteiger partial charge in [-0.3, -0.25) is 9.59 Å². The first kappa shape index (κ1) is 18.5. The van der Waals surface area contributed by atoms with Crippen LogP contribution in [0.3, 0.4) is 0 Å². The van der Waals surface area contributed by atoms with Crippen LogP contribution in [0.2, 0.25) is 0 Å². The van der Waals surface area contributed by atoms with Gasteiger partial charge in [0.25, 0.3) is 5.91 Å². The first-order valence-corrected chi connectivity index (χ1v) is 8.69. The summed E-state index contributed by atoms with van der Waals surface area (Å²) in [7, 11) is 0. The fraction of sp³-hybridized carbons (Fsp3) is 0.176. The molecule has 0 heterocycles. The number of aryl methyl sites for hydroxylation is 1. The maximum atomic E-state index is 12.0. The molecule has 0 fully saturated rings. The largest absolute Gasteiger partial charge is 0.483 e. The van der Waals surface area contributed by atoms with Gasteiger partial charge in [0.2, 0.25) is 5.91 Å². The second-order valence-electron chi connectivity index (χ2n) is 5.12. The van der Waals surface area contributed by atoms with E-state index in [0.717, 1.165) is 14.5 Å². The van der Waals surface area contributed by atoms with E-state index in [1.165, 1.54) is 6.92 Å². The molecule has 7 heteroatoms. The Labute approximate surface area is 157 Å². The Balaban J connectivity index is 1.98. The molecule has 0 aliphatic rings. The maximum absolute atomic E-state index is 12.0. The number of nitrogens with one attached hydrogen (secondary N) is 2. The van der Waals surface area contributed by atoms with Crippen LogP contribution in [0.5, 0.6) is 5.75 Å². The van der Waals surface area contributed by atoms with Crippen molar-refractivity contribution in [3.05, 3.63) is 50.9 Å². The van der Waals surface area contributed by atoms with Crippen LogP contribution in [0.15, 0.2) is 45.3 Å². The second kappa shape index (κ2) is 8.30. The lowest BCUT2D eigenvalue weighted by Crippen LogP contribution is -2.20. The maximum Gasteiger partial charge on any atom is 0.262 e. The molecule has 2 rings (SSSR count). The van der Waals surface area contributed by atoms with Gasteiger partial charge in [0, 0.05) is 22.8 Å². The highest BCUT2D eigenvalue weighted by molar-refractivity contribution is 9.11. The number of benzene rings is 2. The Bertz CT molecular complexity index is 778. The van der Waals surface area contributed by atoms with E-state index in [1.54, 1.807) is 18.2 Å². The van der Waals surface area contributed by atoms with Gasteiger partial charge in [-0.05, 0) is 58.7 Å². The lowest BCUT2D eigenvalue weighted by molar-refractivity contribution is -0.118. The van der Waals surface area contributed by atoms with E-state index >= 15 is 0 Å². The minimum atomic E-state index is -0.289. The van der Waals surface area contributed by atoms with Crippen LogP contribution in [0, 0.1) is 6.92 Å². The molecule has 0 atom stereocenters. The van der Waals surface area contributed by atoms with Gasteiger partial charge < -0.3 is 15.4 Å². The fourth-order valence-corrected chi connectivity index (χ4v) is 3.12. The highest BCUT2D eigenvalue weighted by Gasteiger charge is 2.08.